The fourth-order valence-corrected chi connectivity index (χ4v) is 2.28. The van der Waals surface area contributed by atoms with Crippen LogP contribution in [-0.4, -0.2) is 16.6 Å². The lowest BCUT2D eigenvalue weighted by Gasteiger charge is -2.18. The van der Waals surface area contributed by atoms with E-state index in [9.17, 15) is 5.11 Å². The van der Waals surface area contributed by atoms with Crippen molar-refractivity contribution in [3.63, 3.8) is 0 Å². The second kappa shape index (κ2) is 7.34. The van der Waals surface area contributed by atoms with Crippen molar-refractivity contribution in [2.24, 2.45) is 0 Å². The van der Waals surface area contributed by atoms with Crippen LogP contribution in [0.4, 0.5) is 0 Å². The van der Waals surface area contributed by atoms with E-state index in [0.717, 1.165) is 5.56 Å². The van der Waals surface area contributed by atoms with Crippen LogP contribution >= 0.6 is 0 Å². The summed E-state index contributed by atoms with van der Waals surface area (Å²) in [5, 5.41) is 13.6. The van der Waals surface area contributed by atoms with Gasteiger partial charge < -0.3 is 10.4 Å². The van der Waals surface area contributed by atoms with Crippen LogP contribution in [0.3, 0.4) is 0 Å². The molecule has 0 aliphatic carbocycles. The number of hydrogen-bond donors (Lipinski definition) is 2. The first-order valence-electron chi connectivity index (χ1n) is 7.49. The molecule has 3 nitrogen and oxygen atoms in total. The van der Waals surface area contributed by atoms with E-state index in [1.807, 2.05) is 24.3 Å². The summed E-state index contributed by atoms with van der Waals surface area (Å²) in [5.41, 5.74) is 3.42. The van der Waals surface area contributed by atoms with Gasteiger partial charge in [0.15, 0.2) is 0 Å². The largest absolute Gasteiger partial charge is 0.387 e. The highest BCUT2D eigenvalue weighted by Gasteiger charge is 2.11. The molecule has 112 valence electrons. The van der Waals surface area contributed by atoms with Crippen molar-refractivity contribution in [2.45, 2.75) is 38.8 Å². The van der Waals surface area contributed by atoms with Gasteiger partial charge >= 0.3 is 0 Å². The zero-order chi connectivity index (χ0) is 15.2. The van der Waals surface area contributed by atoms with Gasteiger partial charge in [-0.15, -0.1) is 0 Å². The topological polar surface area (TPSA) is 45.1 Å². The van der Waals surface area contributed by atoms with Gasteiger partial charge in [-0.25, -0.2) is 0 Å². The third-order valence-corrected chi connectivity index (χ3v) is 3.81. The predicted octanol–water partition coefficient (Wildman–Crippen LogP) is 3.59. The molecule has 2 rings (SSSR count). The molecule has 2 N–H and O–H groups in total. The Morgan fingerprint density at radius 2 is 1.48 bits per heavy atom. The highest BCUT2D eigenvalue weighted by atomic mass is 16.3. The zero-order valence-corrected chi connectivity index (χ0v) is 13.0. The lowest BCUT2D eigenvalue weighted by atomic mass is 10.00. The SMILES string of the molecule is CC(C)c1ccc(C(O)CN[C@@H](C)c2ccncc2)cc1. The van der Waals surface area contributed by atoms with Crippen LogP contribution in [0.15, 0.2) is 48.8 Å². The third-order valence-electron chi connectivity index (χ3n) is 3.81. The molecule has 0 aliphatic heterocycles. The number of aliphatic hydroxyl groups excluding tert-OH is 1. The Morgan fingerprint density at radius 1 is 0.905 bits per heavy atom. The number of nitrogens with zero attached hydrogens (tertiary/aromatic N) is 1. The van der Waals surface area contributed by atoms with Crippen LogP contribution in [0.25, 0.3) is 0 Å². The van der Waals surface area contributed by atoms with E-state index in [0.29, 0.717) is 12.5 Å². The standard InChI is InChI=1S/C18H24N2O/c1-13(2)15-4-6-17(7-5-15)18(21)12-20-14(3)16-8-10-19-11-9-16/h4-11,13-14,18,20-21H,12H2,1-3H3/t14-,18?/m0/s1. The number of rotatable bonds is 6. The Labute approximate surface area is 127 Å². The van der Waals surface area contributed by atoms with E-state index in [4.69, 9.17) is 0 Å². The quantitative estimate of drug-likeness (QED) is 0.852. The third kappa shape index (κ3) is 4.38. The van der Waals surface area contributed by atoms with Crippen LogP contribution in [0.2, 0.25) is 0 Å². The summed E-state index contributed by atoms with van der Waals surface area (Å²) in [5.74, 6) is 0.515. The summed E-state index contributed by atoms with van der Waals surface area (Å²) in [7, 11) is 0. The average Bonchev–Trinajstić information content (AvgIpc) is 2.53. The van der Waals surface area contributed by atoms with Crippen LogP contribution in [0.1, 0.15) is 55.5 Å². The van der Waals surface area contributed by atoms with Crippen LogP contribution in [0.5, 0.6) is 0 Å². The number of pyridine rings is 1. The molecule has 1 heterocycles. The minimum Gasteiger partial charge on any atom is -0.387 e. The molecule has 2 aromatic rings. The highest BCUT2D eigenvalue weighted by molar-refractivity contribution is 5.26. The Bertz CT molecular complexity index is 537. The van der Waals surface area contributed by atoms with Crippen molar-refractivity contribution in [2.75, 3.05) is 6.54 Å². The lowest BCUT2D eigenvalue weighted by Crippen LogP contribution is -2.24. The van der Waals surface area contributed by atoms with E-state index in [1.165, 1.54) is 11.1 Å². The molecule has 0 saturated heterocycles. The van der Waals surface area contributed by atoms with Crippen molar-refractivity contribution < 1.29 is 5.11 Å². The van der Waals surface area contributed by atoms with E-state index in [2.05, 4.69) is 43.2 Å². The Hall–Kier alpha value is -1.71. The smallest absolute Gasteiger partial charge is 0.0914 e. The van der Waals surface area contributed by atoms with Gasteiger partial charge in [0.25, 0.3) is 0 Å². The average molecular weight is 284 g/mol. The molecular weight excluding hydrogens is 260 g/mol. The monoisotopic (exact) mass is 284 g/mol. The maximum absolute atomic E-state index is 10.3. The second-order valence-corrected chi connectivity index (χ2v) is 5.75. The maximum Gasteiger partial charge on any atom is 0.0914 e. The van der Waals surface area contributed by atoms with Crippen molar-refractivity contribution in [1.29, 1.82) is 0 Å². The maximum atomic E-state index is 10.3. The molecule has 3 heteroatoms. The second-order valence-electron chi connectivity index (χ2n) is 5.75. The fourth-order valence-electron chi connectivity index (χ4n) is 2.28. The van der Waals surface area contributed by atoms with Gasteiger partial charge in [-0.05, 0) is 41.7 Å². The molecule has 21 heavy (non-hydrogen) atoms. The molecule has 0 bridgehead atoms. The summed E-state index contributed by atoms with van der Waals surface area (Å²) in [4.78, 5) is 4.02. The minimum absolute atomic E-state index is 0.192. The van der Waals surface area contributed by atoms with Gasteiger partial charge in [0, 0.05) is 25.0 Å². The minimum atomic E-state index is -0.490. The number of nitrogens with one attached hydrogen (secondary N) is 1. The molecular formula is C18H24N2O. The van der Waals surface area contributed by atoms with Gasteiger partial charge in [-0.3, -0.25) is 4.98 Å². The molecule has 0 aliphatic rings. The summed E-state index contributed by atoms with van der Waals surface area (Å²) < 4.78 is 0. The summed E-state index contributed by atoms with van der Waals surface area (Å²) in [6.45, 7) is 6.96. The number of aromatic nitrogens is 1. The summed E-state index contributed by atoms with van der Waals surface area (Å²) in [6.07, 6.45) is 3.08. The van der Waals surface area contributed by atoms with Gasteiger partial charge in [-0.2, -0.15) is 0 Å². The normalized spacial score (nSPS) is 14.1. The van der Waals surface area contributed by atoms with Crippen molar-refractivity contribution >= 4 is 0 Å². The first-order chi connectivity index (χ1) is 10.1. The summed E-state index contributed by atoms with van der Waals surface area (Å²) >= 11 is 0. The van der Waals surface area contributed by atoms with Crippen molar-refractivity contribution in [3.05, 3.63) is 65.5 Å². The first-order valence-corrected chi connectivity index (χ1v) is 7.49. The number of hydrogen-bond acceptors (Lipinski definition) is 3. The van der Waals surface area contributed by atoms with E-state index < -0.39 is 6.10 Å². The van der Waals surface area contributed by atoms with Gasteiger partial charge in [-0.1, -0.05) is 38.1 Å². The Morgan fingerprint density at radius 3 is 2.05 bits per heavy atom. The Kier molecular flexibility index (Phi) is 5.48. The number of aliphatic hydroxyl groups is 1. The Balaban J connectivity index is 1.91. The molecule has 0 radical (unpaired) electrons. The zero-order valence-electron chi connectivity index (χ0n) is 13.0. The van der Waals surface area contributed by atoms with E-state index in [1.54, 1.807) is 12.4 Å². The van der Waals surface area contributed by atoms with Crippen LogP contribution in [-0.2, 0) is 0 Å². The molecule has 0 amide bonds. The van der Waals surface area contributed by atoms with Crippen LogP contribution < -0.4 is 5.32 Å². The highest BCUT2D eigenvalue weighted by Crippen LogP contribution is 2.19. The van der Waals surface area contributed by atoms with Crippen molar-refractivity contribution in [3.8, 4) is 0 Å². The molecule has 2 atom stereocenters. The molecule has 0 spiro atoms. The molecule has 0 saturated carbocycles. The van der Waals surface area contributed by atoms with Gasteiger partial charge in [0.05, 0.1) is 6.10 Å². The van der Waals surface area contributed by atoms with Gasteiger partial charge in [0.1, 0.15) is 0 Å². The first kappa shape index (κ1) is 15.7. The van der Waals surface area contributed by atoms with Crippen molar-refractivity contribution in [1.82, 2.24) is 10.3 Å². The van der Waals surface area contributed by atoms with E-state index >= 15 is 0 Å². The van der Waals surface area contributed by atoms with Crippen LogP contribution in [0, 0.1) is 0 Å². The molecule has 1 aromatic heterocycles. The predicted molar refractivity (Wildman–Crippen MR) is 86.1 cm³/mol. The fraction of sp³-hybridized carbons (Fsp3) is 0.389. The van der Waals surface area contributed by atoms with E-state index in [-0.39, 0.29) is 6.04 Å². The molecule has 0 fully saturated rings. The van der Waals surface area contributed by atoms with Gasteiger partial charge in [0.2, 0.25) is 0 Å². The molecule has 1 unspecified atom stereocenters. The molecule has 1 aromatic carbocycles. The lowest BCUT2D eigenvalue weighted by molar-refractivity contribution is 0.171. The number of benzene rings is 1. The summed E-state index contributed by atoms with van der Waals surface area (Å²) in [6, 6.07) is 12.4.